The van der Waals surface area contributed by atoms with Crippen molar-refractivity contribution in [3.8, 4) is 0 Å². The number of aryl methyl sites for hydroxylation is 1. The molecule has 0 bridgehead atoms. The van der Waals surface area contributed by atoms with Gasteiger partial charge in [0.2, 0.25) is 6.10 Å². The Bertz CT molecular complexity index is 611. The molecule has 2 heterocycles. The average Bonchev–Trinajstić information content (AvgIpc) is 2.88. The molecular weight excluding hydrogens is 272 g/mol. The number of hydrogen-bond donors (Lipinski definition) is 1. The third kappa shape index (κ3) is 2.61. The van der Waals surface area contributed by atoms with E-state index in [2.05, 4.69) is 5.16 Å². The quantitative estimate of drug-likeness (QED) is 0.896. The second kappa shape index (κ2) is 5.55. The summed E-state index contributed by atoms with van der Waals surface area (Å²) in [5, 5.41) is 12.4. The van der Waals surface area contributed by atoms with E-state index in [0.29, 0.717) is 6.54 Å². The molecule has 1 N–H and O–H groups in total. The van der Waals surface area contributed by atoms with Gasteiger partial charge >= 0.3 is 5.97 Å². The van der Waals surface area contributed by atoms with Gasteiger partial charge in [-0.3, -0.25) is 4.79 Å². The molecule has 0 spiro atoms. The summed E-state index contributed by atoms with van der Waals surface area (Å²) in [5.74, 6) is -1.36. The average molecular weight is 288 g/mol. The molecule has 21 heavy (non-hydrogen) atoms. The van der Waals surface area contributed by atoms with Crippen LogP contribution in [0.4, 0.5) is 5.69 Å². The molecular formula is C15H16N2O4. The van der Waals surface area contributed by atoms with Crippen molar-refractivity contribution in [2.75, 3.05) is 11.4 Å². The van der Waals surface area contributed by atoms with Crippen LogP contribution in [0.2, 0.25) is 0 Å². The van der Waals surface area contributed by atoms with Gasteiger partial charge in [-0.1, -0.05) is 23.4 Å². The van der Waals surface area contributed by atoms with Gasteiger partial charge in [0, 0.05) is 18.7 Å². The standard InChI is InChI=1S/C15H16N2O4/c18-14(13-9-11(15(19)20)16-21-13)17-8-4-3-6-10-5-1-2-7-12(10)17/h1-2,5,7,13H,3-4,6,8-9H2,(H,19,20). The van der Waals surface area contributed by atoms with Crippen molar-refractivity contribution in [2.24, 2.45) is 5.16 Å². The van der Waals surface area contributed by atoms with Crippen molar-refractivity contribution in [2.45, 2.75) is 31.8 Å². The lowest BCUT2D eigenvalue weighted by Gasteiger charge is -2.24. The van der Waals surface area contributed by atoms with Crippen LogP contribution in [0.3, 0.4) is 0 Å². The Morgan fingerprint density at radius 2 is 2.10 bits per heavy atom. The Morgan fingerprint density at radius 3 is 2.86 bits per heavy atom. The number of carboxylic acid groups (broad SMARTS) is 1. The highest BCUT2D eigenvalue weighted by Gasteiger charge is 2.35. The number of amides is 1. The van der Waals surface area contributed by atoms with Crippen LogP contribution in [0.15, 0.2) is 29.4 Å². The molecule has 0 fully saturated rings. The molecule has 2 aliphatic rings. The zero-order valence-corrected chi connectivity index (χ0v) is 11.5. The molecule has 1 aromatic rings. The number of nitrogens with zero attached hydrogens (tertiary/aromatic N) is 2. The molecule has 110 valence electrons. The van der Waals surface area contributed by atoms with E-state index in [1.165, 1.54) is 0 Å². The van der Waals surface area contributed by atoms with Crippen molar-refractivity contribution < 1.29 is 19.5 Å². The highest BCUT2D eigenvalue weighted by molar-refractivity contribution is 6.36. The summed E-state index contributed by atoms with van der Waals surface area (Å²) >= 11 is 0. The smallest absolute Gasteiger partial charge is 0.353 e. The first kappa shape index (κ1) is 13.6. The fourth-order valence-electron chi connectivity index (χ4n) is 2.73. The predicted octanol–water partition coefficient (Wildman–Crippen LogP) is 1.59. The fraction of sp³-hybridized carbons (Fsp3) is 0.400. The minimum atomic E-state index is -1.14. The molecule has 3 rings (SSSR count). The van der Waals surface area contributed by atoms with Gasteiger partial charge in [0.25, 0.3) is 5.91 Å². The molecule has 1 atom stereocenters. The van der Waals surface area contributed by atoms with Gasteiger partial charge in [0.05, 0.1) is 0 Å². The Labute approximate surface area is 122 Å². The number of carbonyl (C=O) groups is 2. The summed E-state index contributed by atoms with van der Waals surface area (Å²) in [7, 11) is 0. The third-order valence-corrected chi connectivity index (χ3v) is 3.82. The first-order valence-corrected chi connectivity index (χ1v) is 7.02. The van der Waals surface area contributed by atoms with E-state index in [0.717, 1.165) is 30.5 Å². The van der Waals surface area contributed by atoms with Crippen LogP contribution in [0.5, 0.6) is 0 Å². The largest absolute Gasteiger partial charge is 0.477 e. The Balaban J connectivity index is 1.81. The highest BCUT2D eigenvalue weighted by Crippen LogP contribution is 2.28. The highest BCUT2D eigenvalue weighted by atomic mass is 16.6. The summed E-state index contributed by atoms with van der Waals surface area (Å²) in [6, 6.07) is 7.81. The number of rotatable bonds is 2. The zero-order valence-electron chi connectivity index (χ0n) is 11.5. The molecule has 6 heteroatoms. The lowest BCUT2D eigenvalue weighted by molar-refractivity contribution is -0.129. The number of fused-ring (bicyclic) bond motifs is 1. The maximum absolute atomic E-state index is 12.6. The van der Waals surface area contributed by atoms with Gasteiger partial charge in [-0.05, 0) is 30.9 Å². The SMILES string of the molecule is O=C(O)C1=NOC(C(=O)N2CCCCc3ccccc32)C1. The zero-order chi connectivity index (χ0) is 14.8. The number of para-hydroxylation sites is 1. The third-order valence-electron chi connectivity index (χ3n) is 3.82. The maximum atomic E-state index is 12.6. The first-order chi connectivity index (χ1) is 10.2. The van der Waals surface area contributed by atoms with E-state index in [1.54, 1.807) is 4.90 Å². The Kier molecular flexibility index (Phi) is 3.60. The van der Waals surface area contributed by atoms with Crippen molar-refractivity contribution in [3.63, 3.8) is 0 Å². The number of hydrogen-bond acceptors (Lipinski definition) is 4. The van der Waals surface area contributed by atoms with Gasteiger partial charge in [-0.25, -0.2) is 4.79 Å². The minimum absolute atomic E-state index is 0.0207. The van der Waals surface area contributed by atoms with E-state index >= 15 is 0 Å². The summed E-state index contributed by atoms with van der Waals surface area (Å²) in [5.41, 5.74) is 1.93. The van der Waals surface area contributed by atoms with Crippen molar-refractivity contribution in [3.05, 3.63) is 29.8 Å². The molecule has 1 aromatic carbocycles. The normalized spacial score (nSPS) is 21.0. The lowest BCUT2D eigenvalue weighted by Crippen LogP contribution is -2.40. The maximum Gasteiger partial charge on any atom is 0.353 e. The van der Waals surface area contributed by atoms with Crippen molar-refractivity contribution >= 4 is 23.3 Å². The monoisotopic (exact) mass is 288 g/mol. The second-order valence-corrected chi connectivity index (χ2v) is 5.22. The van der Waals surface area contributed by atoms with Gasteiger partial charge in [0.15, 0.2) is 5.71 Å². The molecule has 1 unspecified atom stereocenters. The van der Waals surface area contributed by atoms with E-state index in [-0.39, 0.29) is 18.0 Å². The van der Waals surface area contributed by atoms with Crippen molar-refractivity contribution in [1.82, 2.24) is 0 Å². The molecule has 0 saturated heterocycles. The predicted molar refractivity (Wildman–Crippen MR) is 76.3 cm³/mol. The van der Waals surface area contributed by atoms with Crippen LogP contribution in [0.1, 0.15) is 24.8 Å². The molecule has 0 saturated carbocycles. The van der Waals surface area contributed by atoms with E-state index in [1.807, 2.05) is 24.3 Å². The Morgan fingerprint density at radius 1 is 1.29 bits per heavy atom. The number of oxime groups is 1. The van der Waals surface area contributed by atoms with Crippen LogP contribution in [-0.4, -0.2) is 35.3 Å². The minimum Gasteiger partial charge on any atom is -0.477 e. The summed E-state index contributed by atoms with van der Waals surface area (Å²) in [4.78, 5) is 30.2. The van der Waals surface area contributed by atoms with Crippen LogP contribution in [-0.2, 0) is 20.8 Å². The van der Waals surface area contributed by atoms with Crippen molar-refractivity contribution in [1.29, 1.82) is 0 Å². The van der Waals surface area contributed by atoms with Gasteiger partial charge in [0.1, 0.15) is 0 Å². The van der Waals surface area contributed by atoms with Crippen LogP contribution in [0.25, 0.3) is 0 Å². The summed E-state index contributed by atoms with van der Waals surface area (Å²) in [6.07, 6.45) is 2.08. The summed E-state index contributed by atoms with van der Waals surface area (Å²) < 4.78 is 0. The van der Waals surface area contributed by atoms with Crippen LogP contribution < -0.4 is 4.90 Å². The van der Waals surface area contributed by atoms with E-state index < -0.39 is 12.1 Å². The van der Waals surface area contributed by atoms with Crippen LogP contribution >= 0.6 is 0 Å². The number of benzene rings is 1. The van der Waals surface area contributed by atoms with Gasteiger partial charge < -0.3 is 14.8 Å². The first-order valence-electron chi connectivity index (χ1n) is 7.02. The van der Waals surface area contributed by atoms with Crippen LogP contribution in [0, 0.1) is 0 Å². The topological polar surface area (TPSA) is 79.2 Å². The lowest BCUT2D eigenvalue weighted by atomic mass is 10.1. The summed E-state index contributed by atoms with van der Waals surface area (Å²) in [6.45, 7) is 0.623. The molecule has 0 aliphatic carbocycles. The number of carbonyl (C=O) groups excluding carboxylic acids is 1. The van der Waals surface area contributed by atoms with Gasteiger partial charge in [-0.2, -0.15) is 0 Å². The second-order valence-electron chi connectivity index (χ2n) is 5.22. The fourth-order valence-corrected chi connectivity index (χ4v) is 2.73. The number of carboxylic acids is 1. The van der Waals surface area contributed by atoms with E-state index in [4.69, 9.17) is 9.94 Å². The molecule has 0 radical (unpaired) electrons. The number of aliphatic carboxylic acids is 1. The number of anilines is 1. The molecule has 6 nitrogen and oxygen atoms in total. The molecule has 2 aliphatic heterocycles. The Hall–Kier alpha value is -2.37. The van der Waals surface area contributed by atoms with Gasteiger partial charge in [-0.15, -0.1) is 0 Å². The van der Waals surface area contributed by atoms with E-state index in [9.17, 15) is 9.59 Å². The molecule has 0 aromatic heterocycles. The molecule has 1 amide bonds.